The van der Waals surface area contributed by atoms with Gasteiger partial charge >= 0.3 is 0 Å². The minimum atomic E-state index is 0.0682. The number of hydrogen-bond acceptors (Lipinski definition) is 3. The summed E-state index contributed by atoms with van der Waals surface area (Å²) in [6.07, 6.45) is 4.46. The van der Waals surface area contributed by atoms with Gasteiger partial charge in [0.25, 0.3) is 5.91 Å². The fourth-order valence-electron chi connectivity index (χ4n) is 3.17. The highest BCUT2D eigenvalue weighted by molar-refractivity contribution is 5.95. The number of likely N-dealkylation sites (tertiary alicyclic amines) is 1. The SMILES string of the molecule is CN1CCCC(NC(=O)c2ccc3c(c2)CCCN3)C1. The van der Waals surface area contributed by atoms with Crippen LogP contribution in [0.3, 0.4) is 0 Å². The standard InChI is InChI=1S/C16H23N3O/c1-19-9-3-5-14(11-19)18-16(20)13-6-7-15-12(10-13)4-2-8-17-15/h6-7,10,14,17H,2-5,8-9,11H2,1H3,(H,18,20). The number of likely N-dealkylation sites (N-methyl/N-ethyl adjacent to an activating group) is 1. The summed E-state index contributed by atoms with van der Waals surface area (Å²) >= 11 is 0. The number of nitrogens with one attached hydrogen (secondary N) is 2. The van der Waals surface area contributed by atoms with Crippen LogP contribution in [-0.4, -0.2) is 43.5 Å². The van der Waals surface area contributed by atoms with E-state index in [-0.39, 0.29) is 11.9 Å². The molecule has 1 amide bonds. The van der Waals surface area contributed by atoms with Crippen molar-refractivity contribution in [3.63, 3.8) is 0 Å². The molecule has 20 heavy (non-hydrogen) atoms. The summed E-state index contributed by atoms with van der Waals surface area (Å²) in [5, 5.41) is 6.55. The Balaban J connectivity index is 1.67. The molecule has 1 unspecified atom stereocenters. The number of benzene rings is 1. The topological polar surface area (TPSA) is 44.4 Å². The molecule has 0 radical (unpaired) electrons. The molecule has 0 aliphatic carbocycles. The average molecular weight is 273 g/mol. The molecule has 2 aliphatic rings. The van der Waals surface area contributed by atoms with Gasteiger partial charge in [0.05, 0.1) is 0 Å². The average Bonchev–Trinajstić information content (AvgIpc) is 2.47. The van der Waals surface area contributed by atoms with E-state index in [1.807, 2.05) is 18.2 Å². The number of piperidine rings is 1. The van der Waals surface area contributed by atoms with Crippen LogP contribution < -0.4 is 10.6 Å². The first-order chi connectivity index (χ1) is 9.72. The van der Waals surface area contributed by atoms with Gasteiger partial charge in [-0.2, -0.15) is 0 Å². The van der Waals surface area contributed by atoms with Crippen molar-refractivity contribution in [2.24, 2.45) is 0 Å². The number of rotatable bonds is 2. The van der Waals surface area contributed by atoms with Crippen LogP contribution in [0, 0.1) is 0 Å². The quantitative estimate of drug-likeness (QED) is 0.864. The van der Waals surface area contributed by atoms with Gasteiger partial charge in [0.2, 0.25) is 0 Å². The largest absolute Gasteiger partial charge is 0.385 e. The third kappa shape index (κ3) is 2.96. The fraction of sp³-hybridized carbons (Fsp3) is 0.562. The number of amides is 1. The van der Waals surface area contributed by atoms with E-state index >= 15 is 0 Å². The summed E-state index contributed by atoms with van der Waals surface area (Å²) in [5.74, 6) is 0.0682. The maximum Gasteiger partial charge on any atom is 0.251 e. The molecule has 2 aliphatic heterocycles. The molecule has 1 aromatic rings. The van der Waals surface area contributed by atoms with Crippen molar-refractivity contribution in [1.82, 2.24) is 10.2 Å². The van der Waals surface area contributed by atoms with Crippen molar-refractivity contribution in [1.29, 1.82) is 0 Å². The predicted octanol–water partition coefficient (Wildman–Crippen LogP) is 1.87. The zero-order valence-corrected chi connectivity index (χ0v) is 12.1. The number of anilines is 1. The maximum absolute atomic E-state index is 12.4. The molecular weight excluding hydrogens is 250 g/mol. The van der Waals surface area contributed by atoms with Crippen molar-refractivity contribution in [2.75, 3.05) is 32.0 Å². The fourth-order valence-corrected chi connectivity index (χ4v) is 3.17. The Morgan fingerprint density at radius 1 is 1.40 bits per heavy atom. The Kier molecular flexibility index (Phi) is 3.92. The van der Waals surface area contributed by atoms with Crippen LogP contribution in [-0.2, 0) is 6.42 Å². The zero-order valence-electron chi connectivity index (χ0n) is 12.1. The van der Waals surface area contributed by atoms with Gasteiger partial charge in [-0.3, -0.25) is 4.79 Å². The van der Waals surface area contributed by atoms with Gasteiger partial charge in [-0.15, -0.1) is 0 Å². The minimum Gasteiger partial charge on any atom is -0.385 e. The molecule has 108 valence electrons. The third-order valence-corrected chi connectivity index (χ3v) is 4.27. The lowest BCUT2D eigenvalue weighted by Crippen LogP contribution is -2.46. The van der Waals surface area contributed by atoms with Crippen molar-refractivity contribution >= 4 is 11.6 Å². The van der Waals surface area contributed by atoms with Crippen molar-refractivity contribution in [3.8, 4) is 0 Å². The van der Waals surface area contributed by atoms with E-state index < -0.39 is 0 Å². The second-order valence-corrected chi connectivity index (χ2v) is 5.98. The molecule has 0 saturated carbocycles. The number of carbonyl (C=O) groups is 1. The van der Waals surface area contributed by atoms with Gasteiger partial charge in [-0.1, -0.05) is 0 Å². The molecule has 0 spiro atoms. The number of fused-ring (bicyclic) bond motifs is 1. The summed E-state index contributed by atoms with van der Waals surface area (Å²) in [4.78, 5) is 14.6. The molecule has 1 fully saturated rings. The number of nitrogens with zero attached hydrogens (tertiary/aromatic N) is 1. The molecule has 0 aromatic heterocycles. The predicted molar refractivity (Wildman–Crippen MR) is 81.2 cm³/mol. The monoisotopic (exact) mass is 273 g/mol. The summed E-state index contributed by atoms with van der Waals surface area (Å²) in [5.41, 5.74) is 3.25. The molecule has 4 nitrogen and oxygen atoms in total. The van der Waals surface area contributed by atoms with Crippen LogP contribution in [0.1, 0.15) is 35.2 Å². The van der Waals surface area contributed by atoms with Gasteiger partial charge in [0.15, 0.2) is 0 Å². The van der Waals surface area contributed by atoms with E-state index in [1.54, 1.807) is 0 Å². The molecule has 4 heteroatoms. The van der Waals surface area contributed by atoms with Gasteiger partial charge in [-0.25, -0.2) is 0 Å². The lowest BCUT2D eigenvalue weighted by Gasteiger charge is -2.30. The van der Waals surface area contributed by atoms with Crippen molar-refractivity contribution in [2.45, 2.75) is 31.7 Å². The first-order valence-corrected chi connectivity index (χ1v) is 7.58. The van der Waals surface area contributed by atoms with Gasteiger partial charge in [0.1, 0.15) is 0 Å². The van der Waals surface area contributed by atoms with Crippen LogP contribution >= 0.6 is 0 Å². The van der Waals surface area contributed by atoms with Gasteiger partial charge in [0, 0.05) is 30.4 Å². The Morgan fingerprint density at radius 3 is 3.15 bits per heavy atom. The molecule has 2 N–H and O–H groups in total. The van der Waals surface area contributed by atoms with E-state index in [0.29, 0.717) is 0 Å². The van der Waals surface area contributed by atoms with E-state index in [4.69, 9.17) is 0 Å². The number of hydrogen-bond donors (Lipinski definition) is 2. The van der Waals surface area contributed by atoms with Gasteiger partial charge in [-0.05, 0) is 63.0 Å². The Hall–Kier alpha value is -1.55. The highest BCUT2D eigenvalue weighted by atomic mass is 16.1. The molecule has 2 heterocycles. The molecular formula is C16H23N3O. The summed E-state index contributed by atoms with van der Waals surface area (Å²) in [7, 11) is 2.11. The summed E-state index contributed by atoms with van der Waals surface area (Å²) < 4.78 is 0. The van der Waals surface area contributed by atoms with Crippen molar-refractivity contribution < 1.29 is 4.79 Å². The number of aryl methyl sites for hydroxylation is 1. The third-order valence-electron chi connectivity index (χ3n) is 4.27. The maximum atomic E-state index is 12.4. The van der Waals surface area contributed by atoms with E-state index in [2.05, 4.69) is 22.6 Å². The van der Waals surface area contributed by atoms with Gasteiger partial charge < -0.3 is 15.5 Å². The number of carbonyl (C=O) groups excluding carboxylic acids is 1. The van der Waals surface area contributed by atoms with E-state index in [1.165, 1.54) is 11.3 Å². The normalized spacial score (nSPS) is 22.8. The smallest absolute Gasteiger partial charge is 0.251 e. The minimum absolute atomic E-state index is 0.0682. The lowest BCUT2D eigenvalue weighted by atomic mass is 10.00. The molecule has 0 bridgehead atoms. The first-order valence-electron chi connectivity index (χ1n) is 7.58. The van der Waals surface area contributed by atoms with Crippen LogP contribution in [0.5, 0.6) is 0 Å². The summed E-state index contributed by atoms with van der Waals surface area (Å²) in [6.45, 7) is 3.13. The molecule has 1 atom stereocenters. The lowest BCUT2D eigenvalue weighted by molar-refractivity contribution is 0.0912. The van der Waals surface area contributed by atoms with Crippen LogP contribution in [0.2, 0.25) is 0 Å². The highest BCUT2D eigenvalue weighted by Crippen LogP contribution is 2.23. The van der Waals surface area contributed by atoms with Crippen LogP contribution in [0.25, 0.3) is 0 Å². The van der Waals surface area contributed by atoms with Crippen molar-refractivity contribution in [3.05, 3.63) is 29.3 Å². The van der Waals surface area contributed by atoms with Crippen LogP contribution in [0.4, 0.5) is 5.69 Å². The second-order valence-electron chi connectivity index (χ2n) is 5.98. The van der Waals surface area contributed by atoms with E-state index in [9.17, 15) is 4.79 Å². The molecule has 3 rings (SSSR count). The zero-order chi connectivity index (χ0) is 13.9. The Bertz CT molecular complexity index is 500. The summed E-state index contributed by atoms with van der Waals surface area (Å²) in [6, 6.07) is 6.30. The molecule has 1 saturated heterocycles. The molecule has 1 aromatic carbocycles. The highest BCUT2D eigenvalue weighted by Gasteiger charge is 2.20. The Morgan fingerprint density at radius 2 is 2.30 bits per heavy atom. The Labute approximate surface area is 120 Å². The second kappa shape index (κ2) is 5.83. The van der Waals surface area contributed by atoms with E-state index in [0.717, 1.165) is 50.9 Å². The first kappa shape index (κ1) is 13.4. The van der Waals surface area contributed by atoms with Crippen LogP contribution in [0.15, 0.2) is 18.2 Å².